The molecule has 0 aliphatic heterocycles. The van der Waals surface area contributed by atoms with Crippen LogP contribution in [0.5, 0.6) is 0 Å². The molecule has 4 nitrogen and oxygen atoms in total. The molecule has 1 aromatic carbocycles. The molecule has 0 aliphatic carbocycles. The van der Waals surface area contributed by atoms with Gasteiger partial charge in [0.25, 0.3) is 0 Å². The first-order valence-electron chi connectivity index (χ1n) is 5.45. The van der Waals surface area contributed by atoms with Gasteiger partial charge in [0.2, 0.25) is 10.0 Å². The van der Waals surface area contributed by atoms with Crippen LogP contribution in [-0.4, -0.2) is 27.5 Å². The summed E-state index contributed by atoms with van der Waals surface area (Å²) >= 11 is 3.24. The SMILES string of the molecule is CCN[C@H](C)CNS(=O)(=O)c1ccccc1Br. The van der Waals surface area contributed by atoms with Gasteiger partial charge in [-0.25, -0.2) is 13.1 Å². The van der Waals surface area contributed by atoms with Crippen LogP contribution in [0.2, 0.25) is 0 Å². The highest BCUT2D eigenvalue weighted by molar-refractivity contribution is 9.10. The van der Waals surface area contributed by atoms with Crippen LogP contribution in [0.1, 0.15) is 13.8 Å². The molecule has 1 aromatic rings. The Morgan fingerprint density at radius 1 is 1.35 bits per heavy atom. The molecule has 0 saturated heterocycles. The van der Waals surface area contributed by atoms with E-state index in [9.17, 15) is 8.42 Å². The van der Waals surface area contributed by atoms with Gasteiger partial charge < -0.3 is 5.32 Å². The van der Waals surface area contributed by atoms with Gasteiger partial charge in [0.15, 0.2) is 0 Å². The molecule has 1 rings (SSSR count). The molecule has 0 radical (unpaired) electrons. The normalized spacial score (nSPS) is 13.6. The lowest BCUT2D eigenvalue weighted by atomic mass is 10.3. The quantitative estimate of drug-likeness (QED) is 0.839. The molecule has 0 saturated carbocycles. The Kier molecular flexibility index (Phi) is 5.58. The zero-order valence-electron chi connectivity index (χ0n) is 9.90. The molecular weight excluding hydrogens is 304 g/mol. The molecule has 2 N–H and O–H groups in total. The molecular formula is C11H17BrN2O2S. The fourth-order valence-electron chi connectivity index (χ4n) is 1.40. The number of rotatable bonds is 6. The van der Waals surface area contributed by atoms with Crippen molar-refractivity contribution in [2.75, 3.05) is 13.1 Å². The Balaban J connectivity index is 2.73. The third-order valence-corrected chi connectivity index (χ3v) is 4.69. The summed E-state index contributed by atoms with van der Waals surface area (Å²) in [6.07, 6.45) is 0. The van der Waals surface area contributed by atoms with Crippen LogP contribution in [0.25, 0.3) is 0 Å². The topological polar surface area (TPSA) is 58.2 Å². The minimum Gasteiger partial charge on any atom is -0.313 e. The highest BCUT2D eigenvalue weighted by Gasteiger charge is 2.17. The van der Waals surface area contributed by atoms with Crippen molar-refractivity contribution in [1.82, 2.24) is 10.0 Å². The average Bonchev–Trinajstić information content (AvgIpc) is 2.27. The Morgan fingerprint density at radius 2 is 2.00 bits per heavy atom. The Hall–Kier alpha value is -0.430. The molecule has 96 valence electrons. The summed E-state index contributed by atoms with van der Waals surface area (Å²) in [5.41, 5.74) is 0. The molecule has 1 atom stereocenters. The predicted molar refractivity (Wildman–Crippen MR) is 72.5 cm³/mol. The van der Waals surface area contributed by atoms with Gasteiger partial charge in [0.1, 0.15) is 0 Å². The molecule has 17 heavy (non-hydrogen) atoms. The van der Waals surface area contributed by atoms with Crippen molar-refractivity contribution in [3.8, 4) is 0 Å². The maximum Gasteiger partial charge on any atom is 0.241 e. The van der Waals surface area contributed by atoms with E-state index in [0.29, 0.717) is 11.0 Å². The van der Waals surface area contributed by atoms with Crippen LogP contribution < -0.4 is 10.0 Å². The maximum atomic E-state index is 12.0. The van der Waals surface area contributed by atoms with Crippen LogP contribution in [0.3, 0.4) is 0 Å². The first-order chi connectivity index (χ1) is 7.97. The van der Waals surface area contributed by atoms with E-state index in [1.54, 1.807) is 24.3 Å². The second-order valence-corrected chi connectivity index (χ2v) is 6.33. The van der Waals surface area contributed by atoms with Gasteiger partial charge in [0.05, 0.1) is 4.90 Å². The summed E-state index contributed by atoms with van der Waals surface area (Å²) in [5.74, 6) is 0. The van der Waals surface area contributed by atoms with E-state index in [1.807, 2.05) is 13.8 Å². The van der Waals surface area contributed by atoms with Crippen molar-refractivity contribution < 1.29 is 8.42 Å². The first kappa shape index (κ1) is 14.6. The fraction of sp³-hybridized carbons (Fsp3) is 0.455. The number of nitrogens with one attached hydrogen (secondary N) is 2. The second-order valence-electron chi connectivity index (χ2n) is 3.74. The van der Waals surface area contributed by atoms with Gasteiger partial charge in [-0.3, -0.25) is 0 Å². The number of halogens is 1. The first-order valence-corrected chi connectivity index (χ1v) is 7.72. The van der Waals surface area contributed by atoms with Gasteiger partial charge in [-0.05, 0) is 41.5 Å². The largest absolute Gasteiger partial charge is 0.313 e. The molecule has 0 bridgehead atoms. The van der Waals surface area contributed by atoms with Crippen molar-refractivity contribution in [2.45, 2.75) is 24.8 Å². The Morgan fingerprint density at radius 3 is 2.59 bits per heavy atom. The van der Waals surface area contributed by atoms with Crippen molar-refractivity contribution in [3.63, 3.8) is 0 Å². The highest BCUT2D eigenvalue weighted by atomic mass is 79.9. The monoisotopic (exact) mass is 320 g/mol. The molecule has 0 spiro atoms. The lowest BCUT2D eigenvalue weighted by Crippen LogP contribution is -2.38. The van der Waals surface area contributed by atoms with E-state index in [0.717, 1.165) is 6.54 Å². The van der Waals surface area contributed by atoms with Gasteiger partial charge >= 0.3 is 0 Å². The third-order valence-electron chi connectivity index (χ3n) is 2.26. The van der Waals surface area contributed by atoms with Crippen molar-refractivity contribution in [2.24, 2.45) is 0 Å². The van der Waals surface area contributed by atoms with Crippen LogP contribution in [0.4, 0.5) is 0 Å². The summed E-state index contributed by atoms with van der Waals surface area (Å²) in [5, 5.41) is 3.15. The van der Waals surface area contributed by atoms with Crippen LogP contribution >= 0.6 is 15.9 Å². The standard InChI is InChI=1S/C11H17BrN2O2S/c1-3-13-9(2)8-14-17(15,16)11-7-5-4-6-10(11)12/h4-7,9,13-14H,3,8H2,1-2H3/t9-/m1/s1. The van der Waals surface area contributed by atoms with E-state index in [1.165, 1.54) is 0 Å². The van der Waals surface area contributed by atoms with Gasteiger partial charge in [-0.15, -0.1) is 0 Å². The fourth-order valence-corrected chi connectivity index (χ4v) is 3.53. The third kappa shape index (κ3) is 4.39. The minimum absolute atomic E-state index is 0.109. The Labute approximate surface area is 111 Å². The summed E-state index contributed by atoms with van der Waals surface area (Å²) in [7, 11) is -3.44. The summed E-state index contributed by atoms with van der Waals surface area (Å²) in [6.45, 7) is 5.11. The van der Waals surface area contributed by atoms with E-state index in [4.69, 9.17) is 0 Å². The van der Waals surface area contributed by atoms with E-state index >= 15 is 0 Å². The lowest BCUT2D eigenvalue weighted by Gasteiger charge is -2.14. The average molecular weight is 321 g/mol. The smallest absolute Gasteiger partial charge is 0.241 e. The minimum atomic E-state index is -3.44. The zero-order valence-corrected chi connectivity index (χ0v) is 12.3. The molecule has 6 heteroatoms. The van der Waals surface area contributed by atoms with Gasteiger partial charge in [-0.2, -0.15) is 0 Å². The van der Waals surface area contributed by atoms with Gasteiger partial charge in [0, 0.05) is 17.1 Å². The van der Waals surface area contributed by atoms with E-state index < -0.39 is 10.0 Å². The molecule has 0 heterocycles. The van der Waals surface area contributed by atoms with Crippen LogP contribution in [-0.2, 0) is 10.0 Å². The number of hydrogen-bond donors (Lipinski definition) is 2. The van der Waals surface area contributed by atoms with Crippen LogP contribution in [0.15, 0.2) is 33.6 Å². The summed E-state index contributed by atoms with van der Waals surface area (Å²) < 4.78 is 27.1. The van der Waals surface area contributed by atoms with Crippen LogP contribution in [0, 0.1) is 0 Å². The number of sulfonamides is 1. The molecule has 0 fully saturated rings. The molecule has 0 amide bonds. The lowest BCUT2D eigenvalue weighted by molar-refractivity contribution is 0.536. The summed E-state index contributed by atoms with van der Waals surface area (Å²) in [4.78, 5) is 0.267. The maximum absolute atomic E-state index is 12.0. The number of benzene rings is 1. The Bertz CT molecular complexity index is 462. The number of hydrogen-bond acceptors (Lipinski definition) is 3. The van der Waals surface area contributed by atoms with Crippen molar-refractivity contribution in [3.05, 3.63) is 28.7 Å². The van der Waals surface area contributed by atoms with Crippen molar-refractivity contribution in [1.29, 1.82) is 0 Å². The highest BCUT2D eigenvalue weighted by Crippen LogP contribution is 2.20. The predicted octanol–water partition coefficient (Wildman–Crippen LogP) is 1.73. The van der Waals surface area contributed by atoms with Crippen molar-refractivity contribution >= 4 is 26.0 Å². The zero-order chi connectivity index (χ0) is 12.9. The molecule has 0 aliphatic rings. The summed E-state index contributed by atoms with van der Waals surface area (Å²) in [6, 6.07) is 6.88. The molecule has 0 unspecified atom stereocenters. The molecule has 0 aromatic heterocycles. The second kappa shape index (κ2) is 6.49. The van der Waals surface area contributed by atoms with Gasteiger partial charge in [-0.1, -0.05) is 19.1 Å². The number of likely N-dealkylation sites (N-methyl/N-ethyl adjacent to an activating group) is 1. The van der Waals surface area contributed by atoms with E-state index in [-0.39, 0.29) is 10.9 Å². The van der Waals surface area contributed by atoms with E-state index in [2.05, 4.69) is 26.0 Å².